The fourth-order valence-electron chi connectivity index (χ4n) is 2.19. The molecule has 17 heavy (non-hydrogen) atoms. The molecule has 1 aromatic carbocycles. The summed E-state index contributed by atoms with van der Waals surface area (Å²) >= 11 is 1.90. The Hall–Kier alpha value is -0.960. The van der Waals surface area contributed by atoms with Crippen LogP contribution in [-0.2, 0) is 4.74 Å². The summed E-state index contributed by atoms with van der Waals surface area (Å²) in [5, 5.41) is 0.719. The van der Waals surface area contributed by atoms with Gasteiger partial charge < -0.3 is 4.74 Å². The van der Waals surface area contributed by atoms with Crippen LogP contribution in [0.2, 0.25) is 0 Å². The Morgan fingerprint density at radius 1 is 1.29 bits per heavy atom. The van der Waals surface area contributed by atoms with Crippen molar-refractivity contribution in [3.63, 3.8) is 0 Å². The highest BCUT2D eigenvalue weighted by Gasteiger charge is 2.15. The fraction of sp³-hybridized carbons (Fsp3) is 0.500. The molecular formula is C14H18O2S. The molecule has 3 heteroatoms. The van der Waals surface area contributed by atoms with Crippen molar-refractivity contribution in [2.24, 2.45) is 0 Å². The molecule has 1 saturated carbocycles. The lowest BCUT2D eigenvalue weighted by Gasteiger charge is -2.21. The van der Waals surface area contributed by atoms with Crippen LogP contribution in [0, 0.1) is 0 Å². The number of benzene rings is 1. The largest absolute Gasteiger partial charge is 0.465 e. The highest BCUT2D eigenvalue weighted by molar-refractivity contribution is 8.00. The number of hydrogen-bond donors (Lipinski definition) is 0. The van der Waals surface area contributed by atoms with Gasteiger partial charge in [-0.15, -0.1) is 11.8 Å². The normalized spacial score (nSPS) is 16.8. The predicted molar refractivity (Wildman–Crippen MR) is 70.5 cm³/mol. The van der Waals surface area contributed by atoms with Crippen LogP contribution in [0.4, 0.5) is 0 Å². The molecule has 0 heterocycles. The number of methoxy groups -OCH3 is 1. The van der Waals surface area contributed by atoms with Crippen LogP contribution in [0.1, 0.15) is 42.5 Å². The number of hydrogen-bond acceptors (Lipinski definition) is 3. The average molecular weight is 250 g/mol. The molecule has 0 aliphatic heterocycles. The minimum Gasteiger partial charge on any atom is -0.465 e. The minimum atomic E-state index is -0.254. The average Bonchev–Trinajstić information content (AvgIpc) is 2.39. The van der Waals surface area contributed by atoms with E-state index >= 15 is 0 Å². The summed E-state index contributed by atoms with van der Waals surface area (Å²) in [5.41, 5.74) is 0.647. The molecule has 0 saturated heterocycles. The predicted octanol–water partition coefficient (Wildman–Crippen LogP) is 3.90. The van der Waals surface area contributed by atoms with Gasteiger partial charge in [-0.3, -0.25) is 0 Å². The summed E-state index contributed by atoms with van der Waals surface area (Å²) in [5.74, 6) is -0.254. The Morgan fingerprint density at radius 2 is 2.06 bits per heavy atom. The summed E-state index contributed by atoms with van der Waals surface area (Å²) in [7, 11) is 1.42. The van der Waals surface area contributed by atoms with E-state index in [2.05, 4.69) is 6.07 Å². The van der Waals surface area contributed by atoms with E-state index in [0.717, 1.165) is 5.25 Å². The SMILES string of the molecule is COC(=O)c1cccc(SC2CCCCC2)c1. The van der Waals surface area contributed by atoms with Gasteiger partial charge in [0.05, 0.1) is 12.7 Å². The van der Waals surface area contributed by atoms with Crippen LogP contribution in [-0.4, -0.2) is 18.3 Å². The van der Waals surface area contributed by atoms with E-state index in [1.807, 2.05) is 23.9 Å². The van der Waals surface area contributed by atoms with Crippen LogP contribution >= 0.6 is 11.8 Å². The first-order valence-electron chi connectivity index (χ1n) is 6.14. The van der Waals surface area contributed by atoms with Crippen molar-refractivity contribution in [1.82, 2.24) is 0 Å². The van der Waals surface area contributed by atoms with Crippen molar-refractivity contribution in [3.8, 4) is 0 Å². The van der Waals surface area contributed by atoms with Crippen molar-refractivity contribution >= 4 is 17.7 Å². The molecule has 0 radical (unpaired) electrons. The summed E-state index contributed by atoms with van der Waals surface area (Å²) in [6, 6.07) is 7.74. The summed E-state index contributed by atoms with van der Waals surface area (Å²) in [6.07, 6.45) is 6.65. The van der Waals surface area contributed by atoms with E-state index in [4.69, 9.17) is 4.74 Å². The highest BCUT2D eigenvalue weighted by Crippen LogP contribution is 2.33. The molecule has 1 aliphatic rings. The number of ether oxygens (including phenoxy) is 1. The Morgan fingerprint density at radius 3 is 2.76 bits per heavy atom. The van der Waals surface area contributed by atoms with Crippen molar-refractivity contribution in [2.75, 3.05) is 7.11 Å². The summed E-state index contributed by atoms with van der Waals surface area (Å²) < 4.78 is 4.73. The topological polar surface area (TPSA) is 26.3 Å². The molecule has 0 amide bonds. The fourth-order valence-corrected chi connectivity index (χ4v) is 3.50. The van der Waals surface area contributed by atoms with Crippen molar-refractivity contribution in [2.45, 2.75) is 42.2 Å². The molecule has 0 spiro atoms. The molecule has 0 aromatic heterocycles. The van der Waals surface area contributed by atoms with Gasteiger partial charge in [-0.25, -0.2) is 4.79 Å². The third-order valence-electron chi connectivity index (χ3n) is 3.11. The Bertz CT molecular complexity index is 384. The Balaban J connectivity index is 2.02. The molecule has 1 aliphatic carbocycles. The van der Waals surface area contributed by atoms with Crippen LogP contribution < -0.4 is 0 Å². The molecule has 0 unspecified atom stereocenters. The van der Waals surface area contributed by atoms with Crippen LogP contribution in [0.5, 0.6) is 0 Å². The second-order valence-corrected chi connectivity index (χ2v) is 5.77. The quantitative estimate of drug-likeness (QED) is 0.761. The molecule has 1 fully saturated rings. The third kappa shape index (κ3) is 3.50. The zero-order valence-electron chi connectivity index (χ0n) is 10.1. The molecule has 0 N–H and O–H groups in total. The van der Waals surface area contributed by atoms with Gasteiger partial charge in [0.25, 0.3) is 0 Å². The lowest BCUT2D eigenvalue weighted by atomic mass is 10.0. The lowest BCUT2D eigenvalue weighted by Crippen LogP contribution is -2.08. The number of carbonyl (C=O) groups is 1. The number of rotatable bonds is 3. The lowest BCUT2D eigenvalue weighted by molar-refractivity contribution is 0.0600. The molecule has 1 aromatic rings. The maximum Gasteiger partial charge on any atom is 0.337 e. The summed E-state index contributed by atoms with van der Waals surface area (Å²) in [6.45, 7) is 0. The Kier molecular flexibility index (Phi) is 4.49. The van der Waals surface area contributed by atoms with Crippen LogP contribution in [0.15, 0.2) is 29.2 Å². The summed E-state index contributed by atoms with van der Waals surface area (Å²) in [4.78, 5) is 12.6. The van der Waals surface area contributed by atoms with Gasteiger partial charge in [-0.1, -0.05) is 25.3 Å². The van der Waals surface area contributed by atoms with Crippen molar-refractivity contribution < 1.29 is 9.53 Å². The first kappa shape index (κ1) is 12.5. The zero-order valence-corrected chi connectivity index (χ0v) is 11.0. The van der Waals surface area contributed by atoms with Gasteiger partial charge in [0.2, 0.25) is 0 Å². The first-order chi connectivity index (χ1) is 8.29. The Labute approximate surface area is 107 Å². The molecule has 0 bridgehead atoms. The van der Waals surface area contributed by atoms with Gasteiger partial charge in [0, 0.05) is 10.1 Å². The monoisotopic (exact) mass is 250 g/mol. The van der Waals surface area contributed by atoms with E-state index in [9.17, 15) is 4.79 Å². The molecule has 92 valence electrons. The van der Waals surface area contributed by atoms with E-state index in [1.54, 1.807) is 6.07 Å². The van der Waals surface area contributed by atoms with E-state index in [1.165, 1.54) is 44.1 Å². The van der Waals surface area contributed by atoms with Crippen LogP contribution in [0.25, 0.3) is 0 Å². The molecule has 2 rings (SSSR count). The van der Waals surface area contributed by atoms with E-state index < -0.39 is 0 Å². The van der Waals surface area contributed by atoms with E-state index in [-0.39, 0.29) is 5.97 Å². The molecule has 2 nitrogen and oxygen atoms in total. The maximum absolute atomic E-state index is 11.4. The standard InChI is InChI=1S/C14H18O2S/c1-16-14(15)11-6-5-9-13(10-11)17-12-7-3-2-4-8-12/h5-6,9-10,12H,2-4,7-8H2,1H3. The van der Waals surface area contributed by atoms with Gasteiger partial charge in [0.15, 0.2) is 0 Å². The number of carbonyl (C=O) groups excluding carboxylic acids is 1. The van der Waals surface area contributed by atoms with Crippen LogP contribution in [0.3, 0.4) is 0 Å². The van der Waals surface area contributed by atoms with E-state index in [0.29, 0.717) is 5.56 Å². The van der Waals surface area contributed by atoms with Gasteiger partial charge in [0.1, 0.15) is 0 Å². The number of thioether (sulfide) groups is 1. The maximum atomic E-state index is 11.4. The third-order valence-corrected chi connectivity index (χ3v) is 4.44. The van der Waals surface area contributed by atoms with Crippen molar-refractivity contribution in [3.05, 3.63) is 29.8 Å². The minimum absolute atomic E-state index is 0.254. The second-order valence-electron chi connectivity index (χ2n) is 4.40. The highest BCUT2D eigenvalue weighted by atomic mass is 32.2. The smallest absolute Gasteiger partial charge is 0.337 e. The van der Waals surface area contributed by atoms with Crippen molar-refractivity contribution in [1.29, 1.82) is 0 Å². The van der Waals surface area contributed by atoms with Gasteiger partial charge in [-0.2, -0.15) is 0 Å². The zero-order chi connectivity index (χ0) is 12.1. The first-order valence-corrected chi connectivity index (χ1v) is 7.02. The van der Waals surface area contributed by atoms with Gasteiger partial charge in [-0.05, 0) is 31.0 Å². The molecule has 0 atom stereocenters. The molecular weight excluding hydrogens is 232 g/mol. The van der Waals surface area contributed by atoms with Gasteiger partial charge >= 0.3 is 5.97 Å². The second kappa shape index (κ2) is 6.10. The number of esters is 1.